The number of anilines is 1. The molecule has 8 nitrogen and oxygen atoms in total. The molecule has 2 rings (SSSR count). The second-order valence-corrected chi connectivity index (χ2v) is 4.78. The van der Waals surface area contributed by atoms with Crippen molar-refractivity contribution >= 4 is 17.5 Å². The van der Waals surface area contributed by atoms with Crippen LogP contribution in [-0.4, -0.2) is 50.4 Å². The van der Waals surface area contributed by atoms with Crippen LogP contribution in [0.3, 0.4) is 0 Å². The maximum absolute atomic E-state index is 12.2. The number of rotatable bonds is 4. The van der Waals surface area contributed by atoms with Crippen LogP contribution < -0.4 is 5.32 Å². The number of hydrogen-bond acceptors (Lipinski definition) is 4. The molecule has 0 radical (unpaired) electrons. The summed E-state index contributed by atoms with van der Waals surface area (Å²) in [5.41, 5.74) is 1.18. The Morgan fingerprint density at radius 2 is 2.00 bits per heavy atom. The third-order valence-electron chi connectivity index (χ3n) is 2.96. The fourth-order valence-electron chi connectivity index (χ4n) is 1.89. The first kappa shape index (κ1) is 14.8. The Labute approximate surface area is 122 Å². The predicted octanol–water partition coefficient (Wildman–Crippen LogP) is 0.591. The third kappa shape index (κ3) is 2.93. The summed E-state index contributed by atoms with van der Waals surface area (Å²) >= 11 is 0. The second kappa shape index (κ2) is 5.78. The van der Waals surface area contributed by atoms with E-state index >= 15 is 0 Å². The van der Waals surface area contributed by atoms with Crippen LogP contribution in [0.25, 0.3) is 0 Å². The number of aryl methyl sites for hydroxylation is 2. The van der Waals surface area contributed by atoms with Gasteiger partial charge in [0.1, 0.15) is 5.69 Å². The fraction of sp³-hybridized carbons (Fsp3) is 0.385. The van der Waals surface area contributed by atoms with E-state index in [0.29, 0.717) is 23.5 Å². The van der Waals surface area contributed by atoms with Crippen LogP contribution in [-0.2, 0) is 13.6 Å². The lowest BCUT2D eigenvalue weighted by molar-refractivity contribution is 0.0816. The van der Waals surface area contributed by atoms with Gasteiger partial charge >= 0.3 is 0 Å². The van der Waals surface area contributed by atoms with E-state index in [1.807, 2.05) is 6.92 Å². The molecule has 0 aliphatic carbocycles. The lowest BCUT2D eigenvalue weighted by atomic mass is 10.3. The second-order valence-electron chi connectivity index (χ2n) is 4.78. The molecule has 0 aliphatic rings. The van der Waals surface area contributed by atoms with Gasteiger partial charge in [-0.25, -0.2) is 0 Å². The van der Waals surface area contributed by atoms with Crippen molar-refractivity contribution in [3.63, 3.8) is 0 Å². The highest BCUT2D eigenvalue weighted by atomic mass is 16.2. The molecule has 0 saturated heterocycles. The standard InChI is InChI=1S/C13H18N6O2/c1-5-19-11(13(21)17(2)3)10(7-15-19)16-12(20)9-6-14-18(4)8-9/h6-8H,5H2,1-4H3,(H,16,20). The number of carbonyl (C=O) groups is 2. The Balaban J connectivity index is 2.30. The summed E-state index contributed by atoms with van der Waals surface area (Å²) in [6, 6.07) is 0. The smallest absolute Gasteiger partial charge is 0.273 e. The highest BCUT2D eigenvalue weighted by Crippen LogP contribution is 2.17. The van der Waals surface area contributed by atoms with E-state index in [1.165, 1.54) is 22.0 Å². The van der Waals surface area contributed by atoms with Crippen molar-refractivity contribution < 1.29 is 9.59 Å². The summed E-state index contributed by atoms with van der Waals surface area (Å²) < 4.78 is 3.09. The van der Waals surface area contributed by atoms with Crippen LogP contribution in [0.1, 0.15) is 27.8 Å². The van der Waals surface area contributed by atoms with Gasteiger partial charge < -0.3 is 10.2 Å². The van der Waals surface area contributed by atoms with Crippen LogP contribution >= 0.6 is 0 Å². The molecule has 0 bridgehead atoms. The van der Waals surface area contributed by atoms with Crippen molar-refractivity contribution in [2.45, 2.75) is 13.5 Å². The van der Waals surface area contributed by atoms with Gasteiger partial charge in [0, 0.05) is 33.9 Å². The number of nitrogens with one attached hydrogen (secondary N) is 1. The predicted molar refractivity (Wildman–Crippen MR) is 77.1 cm³/mol. The molecule has 0 atom stereocenters. The monoisotopic (exact) mass is 290 g/mol. The van der Waals surface area contributed by atoms with Crippen molar-refractivity contribution in [3.05, 3.63) is 29.8 Å². The van der Waals surface area contributed by atoms with Crippen molar-refractivity contribution in [2.75, 3.05) is 19.4 Å². The average Bonchev–Trinajstić information content (AvgIpc) is 3.04. The summed E-state index contributed by atoms with van der Waals surface area (Å²) in [5, 5.41) is 10.8. The molecule has 112 valence electrons. The van der Waals surface area contributed by atoms with Crippen LogP contribution in [0.2, 0.25) is 0 Å². The number of amides is 2. The van der Waals surface area contributed by atoms with Gasteiger partial charge in [-0.2, -0.15) is 10.2 Å². The van der Waals surface area contributed by atoms with Crippen molar-refractivity contribution in [2.24, 2.45) is 7.05 Å². The van der Waals surface area contributed by atoms with Gasteiger partial charge in [0.2, 0.25) is 0 Å². The van der Waals surface area contributed by atoms with Gasteiger partial charge in [0.05, 0.1) is 23.6 Å². The first-order valence-electron chi connectivity index (χ1n) is 6.51. The molecule has 0 aliphatic heterocycles. The largest absolute Gasteiger partial charge is 0.343 e. The molecule has 1 N–H and O–H groups in total. The zero-order valence-electron chi connectivity index (χ0n) is 12.5. The van der Waals surface area contributed by atoms with Gasteiger partial charge in [0.15, 0.2) is 0 Å². The molecule has 0 saturated carbocycles. The Hall–Kier alpha value is -2.64. The molecule has 0 fully saturated rings. The van der Waals surface area contributed by atoms with Gasteiger partial charge in [-0.15, -0.1) is 0 Å². The summed E-state index contributed by atoms with van der Waals surface area (Å²) in [4.78, 5) is 25.8. The van der Waals surface area contributed by atoms with Crippen LogP contribution in [0, 0.1) is 0 Å². The number of nitrogens with zero attached hydrogens (tertiary/aromatic N) is 5. The Morgan fingerprint density at radius 3 is 2.52 bits per heavy atom. The van der Waals surface area contributed by atoms with Crippen molar-refractivity contribution in [1.82, 2.24) is 24.5 Å². The molecular formula is C13H18N6O2. The molecule has 0 spiro atoms. The van der Waals surface area contributed by atoms with Crippen molar-refractivity contribution in [3.8, 4) is 0 Å². The highest BCUT2D eigenvalue weighted by Gasteiger charge is 2.21. The summed E-state index contributed by atoms with van der Waals surface area (Å²) in [6.45, 7) is 2.42. The van der Waals surface area contributed by atoms with Crippen LogP contribution in [0.5, 0.6) is 0 Å². The number of hydrogen-bond donors (Lipinski definition) is 1. The number of aromatic nitrogens is 4. The van der Waals surface area contributed by atoms with Gasteiger partial charge in [-0.1, -0.05) is 0 Å². The van der Waals surface area contributed by atoms with Gasteiger partial charge in [0.25, 0.3) is 11.8 Å². The molecule has 21 heavy (non-hydrogen) atoms. The van der Waals surface area contributed by atoms with E-state index in [0.717, 1.165) is 0 Å². The molecule has 0 unspecified atom stereocenters. The SMILES string of the molecule is CCn1ncc(NC(=O)c2cnn(C)c2)c1C(=O)N(C)C. The minimum atomic E-state index is -0.327. The summed E-state index contributed by atoms with van der Waals surface area (Å²) in [6.07, 6.45) is 4.55. The lowest BCUT2D eigenvalue weighted by Gasteiger charge is -2.13. The average molecular weight is 290 g/mol. The minimum Gasteiger partial charge on any atom is -0.343 e. The summed E-state index contributed by atoms with van der Waals surface area (Å²) in [5.74, 6) is -0.539. The molecule has 0 aromatic carbocycles. The quantitative estimate of drug-likeness (QED) is 0.893. The Bertz CT molecular complexity index is 670. The normalized spacial score (nSPS) is 10.5. The Kier molecular flexibility index (Phi) is 4.06. The van der Waals surface area contributed by atoms with E-state index in [4.69, 9.17) is 0 Å². The van der Waals surface area contributed by atoms with Crippen LogP contribution in [0.15, 0.2) is 18.6 Å². The molecule has 2 heterocycles. The van der Waals surface area contributed by atoms with E-state index in [9.17, 15) is 9.59 Å². The Morgan fingerprint density at radius 1 is 1.29 bits per heavy atom. The molecular weight excluding hydrogens is 272 g/mol. The molecule has 8 heteroatoms. The molecule has 2 amide bonds. The third-order valence-corrected chi connectivity index (χ3v) is 2.96. The van der Waals surface area contributed by atoms with E-state index in [1.54, 1.807) is 32.0 Å². The maximum atomic E-state index is 12.2. The van der Waals surface area contributed by atoms with E-state index in [2.05, 4.69) is 15.5 Å². The highest BCUT2D eigenvalue weighted by molar-refractivity contribution is 6.08. The zero-order chi connectivity index (χ0) is 15.6. The minimum absolute atomic E-state index is 0.212. The van der Waals surface area contributed by atoms with E-state index in [-0.39, 0.29) is 11.8 Å². The first-order valence-corrected chi connectivity index (χ1v) is 6.51. The maximum Gasteiger partial charge on any atom is 0.273 e. The van der Waals surface area contributed by atoms with E-state index < -0.39 is 0 Å². The molecule has 2 aromatic heterocycles. The topological polar surface area (TPSA) is 85.0 Å². The summed E-state index contributed by atoms with van der Waals surface area (Å²) in [7, 11) is 5.04. The number of carbonyl (C=O) groups excluding carboxylic acids is 2. The lowest BCUT2D eigenvalue weighted by Crippen LogP contribution is -2.26. The molecule has 2 aromatic rings. The van der Waals surface area contributed by atoms with Gasteiger partial charge in [-0.05, 0) is 6.92 Å². The fourth-order valence-corrected chi connectivity index (χ4v) is 1.89. The first-order chi connectivity index (χ1) is 9.93. The van der Waals surface area contributed by atoms with Gasteiger partial charge in [-0.3, -0.25) is 19.0 Å². The zero-order valence-corrected chi connectivity index (χ0v) is 12.5. The van der Waals surface area contributed by atoms with Crippen molar-refractivity contribution in [1.29, 1.82) is 0 Å². The van der Waals surface area contributed by atoms with Crippen LogP contribution in [0.4, 0.5) is 5.69 Å².